The van der Waals surface area contributed by atoms with E-state index in [1.54, 1.807) is 0 Å². The van der Waals surface area contributed by atoms with E-state index in [4.69, 9.17) is 9.15 Å². The van der Waals surface area contributed by atoms with Crippen molar-refractivity contribution in [3.05, 3.63) is 23.7 Å². The minimum atomic E-state index is -0.442. The quantitative estimate of drug-likeness (QED) is 0.769. The van der Waals surface area contributed by atoms with Crippen LogP contribution in [0, 0.1) is 5.92 Å². The smallest absolute Gasteiger partial charge is 0.410 e. The fourth-order valence-electron chi connectivity index (χ4n) is 2.95. The lowest BCUT2D eigenvalue weighted by atomic mass is 10.2. The Morgan fingerprint density at radius 1 is 1.38 bits per heavy atom. The Balaban J connectivity index is 1.41. The van der Waals surface area contributed by atoms with Crippen molar-refractivity contribution in [1.82, 2.24) is 10.2 Å². The number of amides is 1. The Morgan fingerprint density at radius 2 is 2.08 bits per heavy atom. The van der Waals surface area contributed by atoms with Gasteiger partial charge in [-0.3, -0.25) is 0 Å². The number of hydrogen-bond acceptors (Lipinski definition) is 4. The van der Waals surface area contributed by atoms with Crippen LogP contribution in [0.2, 0.25) is 0 Å². The summed E-state index contributed by atoms with van der Waals surface area (Å²) in [4.78, 5) is 14.1. The highest BCUT2D eigenvalue weighted by Crippen LogP contribution is 2.47. The molecule has 0 bridgehead atoms. The fraction of sp³-hybridized carbons (Fsp3) is 0.737. The molecule has 0 spiro atoms. The van der Waals surface area contributed by atoms with E-state index in [-0.39, 0.29) is 6.09 Å². The maximum Gasteiger partial charge on any atom is 0.410 e. The summed E-state index contributed by atoms with van der Waals surface area (Å²) >= 11 is 0. The third kappa shape index (κ3) is 4.76. The second kappa shape index (κ2) is 6.79. The van der Waals surface area contributed by atoms with Gasteiger partial charge >= 0.3 is 6.09 Å². The summed E-state index contributed by atoms with van der Waals surface area (Å²) in [6.45, 7) is 10.1. The van der Waals surface area contributed by atoms with Gasteiger partial charge in [-0.15, -0.1) is 0 Å². The number of furan rings is 1. The Kier molecular flexibility index (Phi) is 4.90. The molecule has 2 unspecified atom stereocenters. The molecule has 5 heteroatoms. The van der Waals surface area contributed by atoms with Gasteiger partial charge in [0.15, 0.2) is 0 Å². The molecule has 2 aliphatic rings. The maximum absolute atomic E-state index is 12.3. The molecule has 1 N–H and O–H groups in total. The van der Waals surface area contributed by atoms with Gasteiger partial charge in [-0.1, -0.05) is 6.92 Å². The number of carbonyl (C=O) groups is 1. The van der Waals surface area contributed by atoms with Crippen molar-refractivity contribution >= 4 is 6.09 Å². The van der Waals surface area contributed by atoms with Crippen LogP contribution in [0.3, 0.4) is 0 Å². The number of nitrogens with zero attached hydrogens (tertiary/aromatic N) is 1. The molecule has 1 amide bonds. The number of carbonyl (C=O) groups excluding carboxylic acids is 1. The van der Waals surface area contributed by atoms with Crippen LogP contribution in [0.15, 0.2) is 16.5 Å². The minimum Gasteiger partial charge on any atom is -0.464 e. The molecular weight excluding hydrogens is 304 g/mol. The van der Waals surface area contributed by atoms with Crippen molar-refractivity contribution in [2.75, 3.05) is 13.1 Å². The van der Waals surface area contributed by atoms with Gasteiger partial charge in [0.2, 0.25) is 0 Å². The van der Waals surface area contributed by atoms with Crippen molar-refractivity contribution in [2.24, 2.45) is 5.92 Å². The summed E-state index contributed by atoms with van der Waals surface area (Å²) in [6, 6.07) is 4.51. The van der Waals surface area contributed by atoms with E-state index in [1.165, 1.54) is 6.42 Å². The Bertz CT molecular complexity index is 571. The van der Waals surface area contributed by atoms with Gasteiger partial charge in [0, 0.05) is 25.0 Å². The van der Waals surface area contributed by atoms with Crippen LogP contribution in [-0.4, -0.2) is 35.7 Å². The molecular formula is C19H30N2O3. The van der Waals surface area contributed by atoms with E-state index in [2.05, 4.69) is 24.4 Å². The molecule has 2 fully saturated rings. The van der Waals surface area contributed by atoms with Crippen LogP contribution in [-0.2, 0) is 11.3 Å². The first-order valence-electron chi connectivity index (χ1n) is 9.12. The van der Waals surface area contributed by atoms with E-state index in [1.807, 2.05) is 25.7 Å². The Morgan fingerprint density at radius 3 is 2.67 bits per heavy atom. The molecule has 1 aromatic heterocycles. The topological polar surface area (TPSA) is 54.7 Å². The average molecular weight is 334 g/mol. The molecule has 2 atom stereocenters. The molecule has 0 saturated heterocycles. The van der Waals surface area contributed by atoms with E-state index < -0.39 is 5.60 Å². The van der Waals surface area contributed by atoms with Crippen molar-refractivity contribution < 1.29 is 13.9 Å². The lowest BCUT2D eigenvalue weighted by Crippen LogP contribution is -2.41. The summed E-state index contributed by atoms with van der Waals surface area (Å²) in [5, 5.41) is 3.37. The van der Waals surface area contributed by atoms with E-state index in [0.717, 1.165) is 36.8 Å². The lowest BCUT2D eigenvalue weighted by molar-refractivity contribution is 0.0236. The van der Waals surface area contributed by atoms with Gasteiger partial charge in [-0.2, -0.15) is 0 Å². The molecule has 2 aliphatic carbocycles. The molecule has 2 saturated carbocycles. The standard InChI is InChI=1S/C19H30N2O3/c1-13-11-16(13)17-8-7-15(23-17)12-20-9-10-21(14-5-6-14)18(22)24-19(2,3)4/h7-8,13-14,16,20H,5-6,9-12H2,1-4H3. The van der Waals surface area contributed by atoms with Crippen LogP contribution < -0.4 is 5.32 Å². The van der Waals surface area contributed by atoms with Crippen molar-refractivity contribution in [1.29, 1.82) is 0 Å². The highest BCUT2D eigenvalue weighted by Gasteiger charge is 2.36. The molecule has 1 heterocycles. The normalized spacial score (nSPS) is 23.2. The zero-order valence-electron chi connectivity index (χ0n) is 15.3. The van der Waals surface area contributed by atoms with Crippen molar-refractivity contribution in [3.8, 4) is 0 Å². The predicted molar refractivity (Wildman–Crippen MR) is 92.9 cm³/mol. The first-order chi connectivity index (χ1) is 11.3. The fourth-order valence-corrected chi connectivity index (χ4v) is 2.95. The second-order valence-electron chi connectivity index (χ2n) is 8.21. The Labute approximate surface area is 144 Å². The molecule has 3 rings (SSSR count). The minimum absolute atomic E-state index is 0.199. The van der Waals surface area contributed by atoms with Gasteiger partial charge in [0.1, 0.15) is 17.1 Å². The number of hydrogen-bond donors (Lipinski definition) is 1. The van der Waals surface area contributed by atoms with Gasteiger partial charge in [-0.25, -0.2) is 4.79 Å². The summed E-state index contributed by atoms with van der Waals surface area (Å²) in [6.07, 6.45) is 3.21. The summed E-state index contributed by atoms with van der Waals surface area (Å²) in [5.74, 6) is 3.47. The molecule has 134 valence electrons. The SMILES string of the molecule is CC1CC1c1ccc(CNCCN(C(=O)OC(C)(C)C)C2CC2)o1. The first-order valence-corrected chi connectivity index (χ1v) is 9.12. The highest BCUT2D eigenvalue weighted by molar-refractivity contribution is 5.69. The number of ether oxygens (including phenoxy) is 1. The van der Waals surface area contributed by atoms with Crippen LogP contribution >= 0.6 is 0 Å². The third-order valence-electron chi connectivity index (χ3n) is 4.60. The summed E-state index contributed by atoms with van der Waals surface area (Å²) in [5.41, 5.74) is -0.442. The average Bonchev–Trinajstić information content (AvgIpc) is 3.38. The summed E-state index contributed by atoms with van der Waals surface area (Å²) in [7, 11) is 0. The number of nitrogens with one attached hydrogen (secondary N) is 1. The predicted octanol–water partition coefficient (Wildman–Crippen LogP) is 3.89. The van der Waals surface area contributed by atoms with Crippen LogP contribution in [0.5, 0.6) is 0 Å². The van der Waals surface area contributed by atoms with E-state index in [0.29, 0.717) is 25.0 Å². The van der Waals surface area contributed by atoms with Crippen LogP contribution in [0.1, 0.15) is 64.4 Å². The zero-order valence-corrected chi connectivity index (χ0v) is 15.3. The molecule has 5 nitrogen and oxygen atoms in total. The Hall–Kier alpha value is -1.49. The van der Waals surface area contributed by atoms with E-state index in [9.17, 15) is 4.79 Å². The number of rotatable bonds is 7. The third-order valence-corrected chi connectivity index (χ3v) is 4.60. The second-order valence-corrected chi connectivity index (χ2v) is 8.21. The molecule has 0 radical (unpaired) electrons. The highest BCUT2D eigenvalue weighted by atomic mass is 16.6. The molecule has 24 heavy (non-hydrogen) atoms. The van der Waals surface area contributed by atoms with Crippen molar-refractivity contribution in [3.63, 3.8) is 0 Å². The molecule has 0 aliphatic heterocycles. The van der Waals surface area contributed by atoms with Gasteiger partial charge < -0.3 is 19.4 Å². The van der Waals surface area contributed by atoms with Crippen LogP contribution in [0.4, 0.5) is 4.79 Å². The van der Waals surface area contributed by atoms with Gasteiger partial charge in [0.25, 0.3) is 0 Å². The monoisotopic (exact) mass is 334 g/mol. The van der Waals surface area contributed by atoms with Crippen molar-refractivity contribution in [2.45, 2.75) is 71.1 Å². The van der Waals surface area contributed by atoms with Gasteiger partial charge in [0.05, 0.1) is 6.54 Å². The summed E-state index contributed by atoms with van der Waals surface area (Å²) < 4.78 is 11.4. The lowest BCUT2D eigenvalue weighted by Gasteiger charge is -2.27. The maximum atomic E-state index is 12.3. The van der Waals surface area contributed by atoms with E-state index >= 15 is 0 Å². The molecule has 1 aromatic rings. The largest absolute Gasteiger partial charge is 0.464 e. The first kappa shape index (κ1) is 17.3. The van der Waals surface area contributed by atoms with Gasteiger partial charge in [-0.05, 0) is 58.1 Å². The molecule has 0 aromatic carbocycles. The van der Waals surface area contributed by atoms with Crippen LogP contribution in [0.25, 0.3) is 0 Å². The zero-order chi connectivity index (χ0) is 17.3.